The minimum Gasteiger partial charge on any atom is -0.308 e. The van der Waals surface area contributed by atoms with Crippen LogP contribution < -0.4 is 5.56 Å². The molecule has 0 N–H and O–H groups in total. The lowest BCUT2D eigenvalue weighted by molar-refractivity contribution is 0.370. The maximum Gasteiger partial charge on any atom is 0.274 e. The molecule has 0 bridgehead atoms. The first kappa shape index (κ1) is 19.0. The van der Waals surface area contributed by atoms with Gasteiger partial charge in [0.05, 0.1) is 24.0 Å². The van der Waals surface area contributed by atoms with Gasteiger partial charge in [0.15, 0.2) is 0 Å². The average molecular weight is 403 g/mol. The molecule has 0 aliphatic heterocycles. The normalized spacial score (nSPS) is 12.6. The molecule has 3 aromatic carbocycles. The highest BCUT2D eigenvalue weighted by atomic mass is 16.1. The van der Waals surface area contributed by atoms with Crippen LogP contribution in [0.5, 0.6) is 0 Å². The second-order valence-electron chi connectivity index (χ2n) is 8.48. The van der Waals surface area contributed by atoms with E-state index in [0.717, 1.165) is 57.7 Å². The Balaban J connectivity index is 1.88. The molecule has 30 heavy (non-hydrogen) atoms. The Morgan fingerprint density at radius 2 is 1.30 bits per heavy atom. The number of hydrogen-bond acceptors (Lipinski definition) is 5. The Kier molecular flexibility index (Phi) is 4.45. The van der Waals surface area contributed by atoms with Crippen LogP contribution in [0.25, 0.3) is 43.5 Å². The summed E-state index contributed by atoms with van der Waals surface area (Å²) >= 11 is 0. The molecule has 0 unspecified atom stereocenters. The molecule has 2 aromatic heterocycles. The molecule has 0 aliphatic carbocycles. The minimum absolute atomic E-state index is 0.0381. The minimum atomic E-state index is -0.0381. The highest BCUT2D eigenvalue weighted by Crippen LogP contribution is 2.38. The van der Waals surface area contributed by atoms with Crippen LogP contribution in [0.15, 0.2) is 41.2 Å². The maximum absolute atomic E-state index is 13.3. The summed E-state index contributed by atoms with van der Waals surface area (Å²) in [6.45, 7) is 3.01. The molecule has 154 valence electrons. The van der Waals surface area contributed by atoms with Crippen LogP contribution >= 0.6 is 0 Å². The Hall–Kier alpha value is -3.03. The van der Waals surface area contributed by atoms with Crippen molar-refractivity contribution in [3.63, 3.8) is 0 Å². The van der Waals surface area contributed by atoms with Gasteiger partial charge in [-0.2, -0.15) is 10.2 Å². The molecule has 0 saturated heterocycles. The molecule has 5 rings (SSSR count). The summed E-state index contributed by atoms with van der Waals surface area (Å²) in [4.78, 5) is 17.5. The molecule has 0 saturated carbocycles. The van der Waals surface area contributed by atoms with Crippen molar-refractivity contribution in [1.29, 1.82) is 0 Å². The first-order valence-electron chi connectivity index (χ1n) is 10.3. The van der Waals surface area contributed by atoms with Gasteiger partial charge in [0, 0.05) is 34.6 Å². The molecule has 7 nitrogen and oxygen atoms in total. The van der Waals surface area contributed by atoms with Crippen molar-refractivity contribution < 1.29 is 0 Å². The Morgan fingerprint density at radius 1 is 0.733 bits per heavy atom. The second kappa shape index (κ2) is 7.04. The maximum atomic E-state index is 13.3. The van der Waals surface area contributed by atoms with Gasteiger partial charge in [-0.25, -0.2) is 4.68 Å². The van der Waals surface area contributed by atoms with Crippen LogP contribution in [0, 0.1) is 0 Å². The van der Waals surface area contributed by atoms with E-state index in [2.05, 4.69) is 40.7 Å². The zero-order valence-corrected chi connectivity index (χ0v) is 17.9. The first-order valence-corrected chi connectivity index (χ1v) is 10.3. The average Bonchev–Trinajstić information content (AvgIpc) is 3.11. The second-order valence-corrected chi connectivity index (χ2v) is 8.48. The number of rotatable bonds is 6. The third-order valence-corrected chi connectivity index (χ3v) is 5.80. The van der Waals surface area contributed by atoms with Crippen molar-refractivity contribution in [1.82, 2.24) is 29.4 Å². The van der Waals surface area contributed by atoms with Crippen molar-refractivity contribution in [3.8, 4) is 0 Å². The summed E-state index contributed by atoms with van der Waals surface area (Å²) in [7, 11) is 8.13. The summed E-state index contributed by atoms with van der Waals surface area (Å²) < 4.78 is 3.68. The third kappa shape index (κ3) is 2.85. The number of hydrogen-bond donors (Lipinski definition) is 0. The van der Waals surface area contributed by atoms with Crippen molar-refractivity contribution >= 4 is 43.5 Å². The SMILES string of the molecule is CN(C)CCn1nc2c3ccccc3c3nn(CCN(C)C)c4ccc(c1=O)c2c34. The van der Waals surface area contributed by atoms with E-state index in [9.17, 15) is 4.79 Å². The van der Waals surface area contributed by atoms with E-state index >= 15 is 0 Å². The fraction of sp³-hybridized carbons (Fsp3) is 0.348. The van der Waals surface area contributed by atoms with Gasteiger partial charge in [-0.3, -0.25) is 9.48 Å². The van der Waals surface area contributed by atoms with E-state index in [4.69, 9.17) is 10.2 Å². The molecular formula is C23H26N6O. The molecular weight excluding hydrogens is 376 g/mol. The van der Waals surface area contributed by atoms with Gasteiger partial charge in [-0.05, 0) is 40.3 Å². The van der Waals surface area contributed by atoms with E-state index in [-0.39, 0.29) is 5.56 Å². The summed E-state index contributed by atoms with van der Waals surface area (Å²) in [6, 6.07) is 12.2. The zero-order chi connectivity index (χ0) is 21.0. The van der Waals surface area contributed by atoms with Gasteiger partial charge in [0.2, 0.25) is 0 Å². The number of aromatic nitrogens is 4. The van der Waals surface area contributed by atoms with Gasteiger partial charge < -0.3 is 9.80 Å². The van der Waals surface area contributed by atoms with Gasteiger partial charge in [0.25, 0.3) is 5.56 Å². The predicted octanol–water partition coefficient (Wildman–Crippen LogP) is 2.61. The molecule has 7 heteroatoms. The van der Waals surface area contributed by atoms with Crippen LogP contribution in [-0.2, 0) is 13.1 Å². The first-order chi connectivity index (χ1) is 14.5. The lowest BCUT2D eigenvalue weighted by atomic mass is 9.98. The molecule has 0 amide bonds. The van der Waals surface area contributed by atoms with Gasteiger partial charge in [-0.1, -0.05) is 24.3 Å². The largest absolute Gasteiger partial charge is 0.308 e. The van der Waals surface area contributed by atoms with Crippen LogP contribution in [0.2, 0.25) is 0 Å². The van der Waals surface area contributed by atoms with Crippen molar-refractivity contribution in [2.24, 2.45) is 0 Å². The van der Waals surface area contributed by atoms with E-state index in [1.807, 2.05) is 38.4 Å². The van der Waals surface area contributed by atoms with Gasteiger partial charge >= 0.3 is 0 Å². The third-order valence-electron chi connectivity index (χ3n) is 5.80. The van der Waals surface area contributed by atoms with E-state index in [1.54, 1.807) is 4.68 Å². The smallest absolute Gasteiger partial charge is 0.274 e. The van der Waals surface area contributed by atoms with Crippen molar-refractivity contribution in [2.45, 2.75) is 13.1 Å². The molecule has 0 radical (unpaired) electrons. The lowest BCUT2D eigenvalue weighted by Crippen LogP contribution is -2.28. The molecule has 5 aromatic rings. The molecule has 0 fully saturated rings. The summed E-state index contributed by atoms with van der Waals surface area (Å²) in [5.74, 6) is 0. The number of likely N-dealkylation sites (N-methyl/N-ethyl adjacent to an activating group) is 2. The Morgan fingerprint density at radius 3 is 1.93 bits per heavy atom. The van der Waals surface area contributed by atoms with E-state index < -0.39 is 0 Å². The number of fused-ring (bicyclic) bond motifs is 3. The molecule has 2 heterocycles. The van der Waals surface area contributed by atoms with E-state index in [0.29, 0.717) is 11.9 Å². The topological polar surface area (TPSA) is 59.2 Å². The zero-order valence-electron chi connectivity index (χ0n) is 17.9. The Labute approximate surface area is 174 Å². The van der Waals surface area contributed by atoms with Crippen molar-refractivity contribution in [2.75, 3.05) is 41.3 Å². The summed E-state index contributed by atoms with van der Waals surface area (Å²) in [5.41, 5.74) is 2.85. The van der Waals surface area contributed by atoms with Gasteiger partial charge in [0.1, 0.15) is 11.0 Å². The van der Waals surface area contributed by atoms with Crippen LogP contribution in [0.1, 0.15) is 0 Å². The summed E-state index contributed by atoms with van der Waals surface area (Å²) in [6.07, 6.45) is 0. The monoisotopic (exact) mass is 402 g/mol. The Bertz CT molecular complexity index is 1430. The predicted molar refractivity (Wildman–Crippen MR) is 123 cm³/mol. The quantitative estimate of drug-likeness (QED) is 0.323. The fourth-order valence-corrected chi connectivity index (χ4v) is 4.24. The standard InChI is InChI=1S/C23H26N6O/c1-26(2)11-13-28-18-10-9-17-19-20(18)22(24-28)16-8-6-5-7-15(16)21(19)25-29(23(17)30)14-12-27(3)4/h5-10H,11-14H2,1-4H3. The highest BCUT2D eigenvalue weighted by Gasteiger charge is 2.21. The van der Waals surface area contributed by atoms with Crippen LogP contribution in [-0.4, -0.2) is 70.6 Å². The number of nitrogens with zero attached hydrogens (tertiary/aromatic N) is 6. The van der Waals surface area contributed by atoms with Crippen LogP contribution in [0.4, 0.5) is 0 Å². The molecule has 0 spiro atoms. The summed E-state index contributed by atoms with van der Waals surface area (Å²) in [5, 5.41) is 14.6. The van der Waals surface area contributed by atoms with Gasteiger partial charge in [-0.15, -0.1) is 0 Å². The fourth-order valence-electron chi connectivity index (χ4n) is 4.24. The highest BCUT2D eigenvalue weighted by molar-refractivity contribution is 6.31. The van der Waals surface area contributed by atoms with E-state index in [1.165, 1.54) is 0 Å². The lowest BCUT2D eigenvalue weighted by Gasteiger charge is -2.14. The molecule has 0 aliphatic rings. The van der Waals surface area contributed by atoms with Crippen LogP contribution in [0.3, 0.4) is 0 Å². The van der Waals surface area contributed by atoms with Crippen molar-refractivity contribution in [3.05, 3.63) is 46.8 Å². The number of benzene rings is 3. The molecule has 0 atom stereocenters.